The molecule has 4 heteroatoms. The van der Waals surface area contributed by atoms with E-state index in [4.69, 9.17) is 10.5 Å². The highest BCUT2D eigenvalue weighted by atomic mass is 16.5. The largest absolute Gasteiger partial charge is 0.497 e. The number of amidine groups is 1. The predicted molar refractivity (Wildman–Crippen MR) is 99.2 cm³/mol. The van der Waals surface area contributed by atoms with Gasteiger partial charge < -0.3 is 15.6 Å². The van der Waals surface area contributed by atoms with Crippen molar-refractivity contribution in [3.05, 3.63) is 83.9 Å². The molecule has 1 aliphatic heterocycles. The highest BCUT2D eigenvalue weighted by Crippen LogP contribution is 2.43. The van der Waals surface area contributed by atoms with Crippen LogP contribution in [0.5, 0.6) is 5.75 Å². The Morgan fingerprint density at radius 3 is 2.28 bits per heavy atom. The number of nitrogens with two attached hydrogens (primary N) is 1. The first-order valence-corrected chi connectivity index (χ1v) is 8.04. The van der Waals surface area contributed by atoms with Crippen LogP contribution in [0, 0.1) is 0 Å². The molecule has 0 aliphatic carbocycles. The SMILES string of the molecule is COc1ccc(-c2ccc3c(c2)C(O)(c2ccccc2)C(N)=N3)cc1. The van der Waals surface area contributed by atoms with Crippen molar-refractivity contribution in [1.82, 2.24) is 0 Å². The van der Waals surface area contributed by atoms with Gasteiger partial charge in [-0.1, -0.05) is 48.5 Å². The first-order valence-electron chi connectivity index (χ1n) is 8.04. The van der Waals surface area contributed by atoms with Gasteiger partial charge in [0.2, 0.25) is 0 Å². The number of methoxy groups -OCH3 is 1. The molecule has 25 heavy (non-hydrogen) atoms. The van der Waals surface area contributed by atoms with Gasteiger partial charge in [0.15, 0.2) is 5.60 Å². The highest BCUT2D eigenvalue weighted by molar-refractivity contribution is 6.01. The highest BCUT2D eigenvalue weighted by Gasteiger charge is 2.42. The average molecular weight is 330 g/mol. The number of benzene rings is 3. The zero-order valence-electron chi connectivity index (χ0n) is 13.8. The van der Waals surface area contributed by atoms with E-state index in [9.17, 15) is 5.11 Å². The van der Waals surface area contributed by atoms with E-state index in [2.05, 4.69) is 4.99 Å². The lowest BCUT2D eigenvalue weighted by atomic mass is 9.85. The fourth-order valence-corrected chi connectivity index (χ4v) is 3.22. The van der Waals surface area contributed by atoms with Gasteiger partial charge in [-0.3, -0.25) is 0 Å². The quantitative estimate of drug-likeness (QED) is 0.771. The van der Waals surface area contributed by atoms with Crippen LogP contribution in [-0.2, 0) is 5.60 Å². The van der Waals surface area contributed by atoms with Gasteiger partial charge in [-0.2, -0.15) is 0 Å². The summed E-state index contributed by atoms with van der Waals surface area (Å²) in [6.07, 6.45) is 0. The van der Waals surface area contributed by atoms with Crippen molar-refractivity contribution < 1.29 is 9.84 Å². The average Bonchev–Trinajstić information content (AvgIpc) is 2.93. The van der Waals surface area contributed by atoms with Crippen molar-refractivity contribution in [2.75, 3.05) is 7.11 Å². The minimum Gasteiger partial charge on any atom is -0.497 e. The van der Waals surface area contributed by atoms with Crippen molar-refractivity contribution in [3.8, 4) is 16.9 Å². The standard InChI is InChI=1S/C21H18N2O2/c1-25-17-10-7-14(8-11-17)15-9-12-19-18(13-15)21(24,20(22)23-19)16-5-3-2-4-6-16/h2-13,24H,1H3,(H2,22,23). The third-order valence-corrected chi connectivity index (χ3v) is 4.61. The Labute approximate surface area is 146 Å². The Morgan fingerprint density at radius 1 is 0.920 bits per heavy atom. The molecule has 0 spiro atoms. The van der Waals surface area contributed by atoms with E-state index in [1.54, 1.807) is 7.11 Å². The van der Waals surface area contributed by atoms with Crippen molar-refractivity contribution in [2.24, 2.45) is 10.7 Å². The fraction of sp³-hybridized carbons (Fsp3) is 0.0952. The second-order valence-corrected chi connectivity index (χ2v) is 6.03. The van der Waals surface area contributed by atoms with E-state index in [1.165, 1.54) is 0 Å². The molecule has 1 atom stereocenters. The first kappa shape index (κ1) is 15.4. The molecular weight excluding hydrogens is 312 g/mol. The van der Waals surface area contributed by atoms with E-state index in [0.717, 1.165) is 16.9 Å². The maximum absolute atomic E-state index is 11.4. The number of aliphatic imine (C=N–C) groups is 1. The minimum atomic E-state index is -1.40. The molecule has 4 nitrogen and oxygen atoms in total. The second kappa shape index (κ2) is 5.76. The van der Waals surface area contributed by atoms with Crippen molar-refractivity contribution in [2.45, 2.75) is 5.60 Å². The summed E-state index contributed by atoms with van der Waals surface area (Å²) in [5.41, 5.74) is 8.82. The van der Waals surface area contributed by atoms with Gasteiger partial charge in [0.1, 0.15) is 11.6 Å². The number of rotatable bonds is 3. The lowest BCUT2D eigenvalue weighted by Crippen LogP contribution is -2.39. The molecule has 0 radical (unpaired) electrons. The Hall–Kier alpha value is -3.11. The zero-order chi connectivity index (χ0) is 17.4. The van der Waals surface area contributed by atoms with Crippen LogP contribution in [0.1, 0.15) is 11.1 Å². The number of aliphatic hydroxyl groups is 1. The minimum absolute atomic E-state index is 0.195. The molecule has 1 unspecified atom stereocenters. The molecule has 3 aromatic carbocycles. The maximum Gasteiger partial charge on any atom is 0.174 e. The van der Waals surface area contributed by atoms with E-state index in [0.29, 0.717) is 16.8 Å². The van der Waals surface area contributed by atoms with E-state index in [-0.39, 0.29) is 5.84 Å². The van der Waals surface area contributed by atoms with Crippen LogP contribution in [0.25, 0.3) is 11.1 Å². The van der Waals surface area contributed by atoms with E-state index >= 15 is 0 Å². The second-order valence-electron chi connectivity index (χ2n) is 6.03. The lowest BCUT2D eigenvalue weighted by molar-refractivity contribution is 0.158. The van der Waals surface area contributed by atoms with Gasteiger partial charge in [0, 0.05) is 5.56 Å². The van der Waals surface area contributed by atoms with Gasteiger partial charge in [-0.15, -0.1) is 0 Å². The molecular formula is C21H18N2O2. The monoisotopic (exact) mass is 330 g/mol. The Kier molecular flexibility index (Phi) is 3.55. The van der Waals surface area contributed by atoms with Gasteiger partial charge in [-0.25, -0.2) is 4.99 Å². The van der Waals surface area contributed by atoms with Crippen LogP contribution >= 0.6 is 0 Å². The summed E-state index contributed by atoms with van der Waals surface area (Å²) in [4.78, 5) is 4.37. The van der Waals surface area contributed by atoms with Crippen molar-refractivity contribution in [1.29, 1.82) is 0 Å². The van der Waals surface area contributed by atoms with E-state index < -0.39 is 5.60 Å². The number of hydrogen-bond donors (Lipinski definition) is 2. The smallest absolute Gasteiger partial charge is 0.174 e. The summed E-state index contributed by atoms with van der Waals surface area (Å²) in [5, 5.41) is 11.4. The third kappa shape index (κ3) is 2.39. The van der Waals surface area contributed by atoms with Crippen molar-refractivity contribution >= 4 is 11.5 Å². The molecule has 0 aromatic heterocycles. The summed E-state index contributed by atoms with van der Waals surface area (Å²) < 4.78 is 5.21. The number of fused-ring (bicyclic) bond motifs is 1. The summed E-state index contributed by atoms with van der Waals surface area (Å²) in [6, 6.07) is 23.0. The number of nitrogens with zero attached hydrogens (tertiary/aromatic N) is 1. The zero-order valence-corrected chi connectivity index (χ0v) is 13.8. The summed E-state index contributed by atoms with van der Waals surface area (Å²) in [6.45, 7) is 0. The molecule has 3 N–H and O–H groups in total. The van der Waals surface area contributed by atoms with Gasteiger partial charge >= 0.3 is 0 Å². The molecule has 0 amide bonds. The third-order valence-electron chi connectivity index (χ3n) is 4.61. The molecule has 0 fully saturated rings. The Bertz CT molecular complexity index is 949. The van der Waals surface area contributed by atoms with Crippen molar-refractivity contribution in [3.63, 3.8) is 0 Å². The molecule has 1 heterocycles. The Morgan fingerprint density at radius 2 is 1.60 bits per heavy atom. The van der Waals surface area contributed by atoms with Crippen LogP contribution in [-0.4, -0.2) is 18.1 Å². The number of ether oxygens (including phenoxy) is 1. The van der Waals surface area contributed by atoms with Crippen LogP contribution < -0.4 is 10.5 Å². The molecule has 3 aromatic rings. The number of hydrogen-bond acceptors (Lipinski definition) is 4. The first-order chi connectivity index (χ1) is 12.1. The summed E-state index contributed by atoms with van der Waals surface area (Å²) in [7, 11) is 1.64. The van der Waals surface area contributed by atoms with Crippen LogP contribution in [0.3, 0.4) is 0 Å². The summed E-state index contributed by atoms with van der Waals surface area (Å²) >= 11 is 0. The van der Waals surface area contributed by atoms with Crippen LogP contribution in [0.4, 0.5) is 5.69 Å². The molecule has 0 saturated heterocycles. The Balaban J connectivity index is 1.83. The molecule has 0 saturated carbocycles. The fourth-order valence-electron chi connectivity index (χ4n) is 3.22. The maximum atomic E-state index is 11.4. The van der Waals surface area contributed by atoms with Gasteiger partial charge in [-0.05, 0) is 41.0 Å². The normalized spacial score (nSPS) is 18.6. The predicted octanol–water partition coefficient (Wildman–Crippen LogP) is 3.60. The van der Waals surface area contributed by atoms with E-state index in [1.807, 2.05) is 72.8 Å². The molecule has 1 aliphatic rings. The molecule has 4 rings (SSSR count). The van der Waals surface area contributed by atoms with Gasteiger partial charge in [0.05, 0.1) is 12.8 Å². The topological polar surface area (TPSA) is 67.8 Å². The lowest BCUT2D eigenvalue weighted by Gasteiger charge is -2.25. The van der Waals surface area contributed by atoms with Crippen LogP contribution in [0.2, 0.25) is 0 Å². The molecule has 124 valence electrons. The van der Waals surface area contributed by atoms with Gasteiger partial charge in [0.25, 0.3) is 0 Å². The summed E-state index contributed by atoms with van der Waals surface area (Å²) in [5.74, 6) is 0.999. The van der Waals surface area contributed by atoms with Crippen LogP contribution in [0.15, 0.2) is 77.8 Å². The molecule has 0 bridgehead atoms.